The van der Waals surface area contributed by atoms with Crippen molar-refractivity contribution in [2.24, 2.45) is 0 Å². The van der Waals surface area contributed by atoms with Crippen LogP contribution in [0.3, 0.4) is 0 Å². The van der Waals surface area contributed by atoms with Crippen LogP contribution in [-0.4, -0.2) is 33.9 Å². The van der Waals surface area contributed by atoms with Gasteiger partial charge in [-0.2, -0.15) is 0 Å². The molecule has 0 saturated carbocycles. The fourth-order valence-corrected chi connectivity index (χ4v) is 3.05. The van der Waals surface area contributed by atoms with Crippen LogP contribution in [0.2, 0.25) is 0 Å². The molecule has 1 saturated heterocycles. The fraction of sp³-hybridized carbons (Fsp3) is 0.250. The van der Waals surface area contributed by atoms with Gasteiger partial charge in [0.05, 0.1) is 0 Å². The molecule has 1 atom stereocenters. The number of benzene rings is 1. The smallest absolute Gasteiger partial charge is 0.331 e. The number of imide groups is 2. The van der Waals surface area contributed by atoms with Crippen molar-refractivity contribution in [3.63, 3.8) is 0 Å². The SMILES string of the molecule is C=CCN1C(=O)NC(=O)/C(=C\c2cn([C@@H](C)CC)c3ccccc23)C1=O. The first kappa shape index (κ1) is 17.7. The molecule has 6 heteroatoms. The van der Waals surface area contributed by atoms with E-state index >= 15 is 0 Å². The Morgan fingerprint density at radius 3 is 2.65 bits per heavy atom. The van der Waals surface area contributed by atoms with Gasteiger partial charge in [0.15, 0.2) is 0 Å². The maximum atomic E-state index is 12.6. The summed E-state index contributed by atoms with van der Waals surface area (Å²) in [6, 6.07) is 7.40. The third-order valence-corrected chi connectivity index (χ3v) is 4.63. The van der Waals surface area contributed by atoms with Crippen LogP contribution in [0.25, 0.3) is 17.0 Å². The normalized spacial score (nSPS) is 17.7. The van der Waals surface area contributed by atoms with Crippen LogP contribution in [0, 0.1) is 0 Å². The summed E-state index contributed by atoms with van der Waals surface area (Å²) < 4.78 is 2.14. The summed E-state index contributed by atoms with van der Waals surface area (Å²) in [5, 5.41) is 3.16. The third-order valence-electron chi connectivity index (χ3n) is 4.63. The molecule has 134 valence electrons. The molecule has 0 aliphatic carbocycles. The maximum Gasteiger partial charge on any atom is 0.331 e. The van der Waals surface area contributed by atoms with Crippen molar-refractivity contribution in [1.29, 1.82) is 0 Å². The third kappa shape index (κ3) is 2.94. The summed E-state index contributed by atoms with van der Waals surface area (Å²) in [7, 11) is 0. The Hall–Kier alpha value is -3.15. The quantitative estimate of drug-likeness (QED) is 0.511. The number of urea groups is 1. The average molecular weight is 351 g/mol. The minimum absolute atomic E-state index is 0.0456. The number of carbonyl (C=O) groups is 3. The average Bonchev–Trinajstić information content (AvgIpc) is 3.00. The minimum Gasteiger partial charge on any atom is -0.344 e. The van der Waals surface area contributed by atoms with Crippen molar-refractivity contribution in [3.8, 4) is 0 Å². The topological polar surface area (TPSA) is 71.4 Å². The second-order valence-electron chi connectivity index (χ2n) is 6.29. The second-order valence-corrected chi connectivity index (χ2v) is 6.29. The summed E-state index contributed by atoms with van der Waals surface area (Å²) in [6.45, 7) is 7.81. The fourth-order valence-electron chi connectivity index (χ4n) is 3.05. The van der Waals surface area contributed by atoms with Crippen LogP contribution < -0.4 is 5.32 Å². The predicted molar refractivity (Wildman–Crippen MR) is 100 cm³/mol. The Balaban J connectivity index is 2.11. The highest BCUT2D eigenvalue weighted by Crippen LogP contribution is 2.28. The largest absolute Gasteiger partial charge is 0.344 e. The van der Waals surface area contributed by atoms with Gasteiger partial charge >= 0.3 is 6.03 Å². The number of hydrogen-bond donors (Lipinski definition) is 1. The first-order chi connectivity index (χ1) is 12.5. The van der Waals surface area contributed by atoms with Crippen molar-refractivity contribution in [1.82, 2.24) is 14.8 Å². The Morgan fingerprint density at radius 1 is 1.23 bits per heavy atom. The van der Waals surface area contributed by atoms with Crippen LogP contribution in [0.5, 0.6) is 0 Å². The van der Waals surface area contributed by atoms with Gasteiger partial charge in [-0.3, -0.25) is 19.8 Å². The lowest BCUT2D eigenvalue weighted by atomic mass is 10.1. The molecule has 1 aliphatic rings. The van der Waals surface area contributed by atoms with Gasteiger partial charge in [0.25, 0.3) is 11.8 Å². The van der Waals surface area contributed by atoms with Crippen molar-refractivity contribution in [2.75, 3.05) is 6.54 Å². The van der Waals surface area contributed by atoms with Crippen LogP contribution in [0.1, 0.15) is 31.9 Å². The zero-order valence-corrected chi connectivity index (χ0v) is 14.9. The number of nitrogens with one attached hydrogen (secondary N) is 1. The van der Waals surface area contributed by atoms with Gasteiger partial charge in [0.1, 0.15) is 5.57 Å². The van der Waals surface area contributed by atoms with Crippen LogP contribution in [0.15, 0.2) is 48.7 Å². The Morgan fingerprint density at radius 2 is 1.96 bits per heavy atom. The molecule has 1 aliphatic heterocycles. The highest BCUT2D eigenvalue weighted by Gasteiger charge is 2.35. The van der Waals surface area contributed by atoms with Gasteiger partial charge in [-0.1, -0.05) is 31.2 Å². The monoisotopic (exact) mass is 351 g/mol. The number of nitrogens with zero attached hydrogens (tertiary/aromatic N) is 2. The van der Waals surface area contributed by atoms with Crippen molar-refractivity contribution in [2.45, 2.75) is 26.3 Å². The number of barbiturate groups is 1. The first-order valence-corrected chi connectivity index (χ1v) is 8.57. The molecule has 6 nitrogen and oxygen atoms in total. The van der Waals surface area contributed by atoms with Gasteiger partial charge in [0, 0.05) is 35.2 Å². The van der Waals surface area contributed by atoms with Crippen LogP contribution in [0.4, 0.5) is 4.79 Å². The molecule has 4 amide bonds. The summed E-state index contributed by atoms with van der Waals surface area (Å²) in [5.41, 5.74) is 1.75. The highest BCUT2D eigenvalue weighted by atomic mass is 16.2. The molecule has 26 heavy (non-hydrogen) atoms. The summed E-state index contributed by atoms with van der Waals surface area (Å²) in [5.74, 6) is -1.29. The lowest BCUT2D eigenvalue weighted by molar-refractivity contribution is -0.129. The number of fused-ring (bicyclic) bond motifs is 1. The lowest BCUT2D eigenvalue weighted by Crippen LogP contribution is -2.54. The van der Waals surface area contributed by atoms with E-state index in [-0.39, 0.29) is 18.2 Å². The van der Waals surface area contributed by atoms with Crippen molar-refractivity contribution >= 4 is 34.8 Å². The standard InChI is InChI=1S/C20H21N3O3/c1-4-10-22-19(25)16(18(24)21-20(22)26)11-14-12-23(13(3)5-2)17-9-7-6-8-15(14)17/h4,6-9,11-13H,1,5,10H2,2-3H3,(H,21,24,26)/b16-11+/t13-/m0/s1. The van der Waals surface area contributed by atoms with E-state index in [9.17, 15) is 14.4 Å². The lowest BCUT2D eigenvalue weighted by Gasteiger charge is -2.25. The summed E-state index contributed by atoms with van der Waals surface area (Å²) in [4.78, 5) is 37.6. The molecular weight excluding hydrogens is 330 g/mol. The minimum atomic E-state index is -0.723. The zero-order valence-electron chi connectivity index (χ0n) is 14.9. The van der Waals surface area contributed by atoms with E-state index in [0.29, 0.717) is 0 Å². The number of rotatable bonds is 5. The number of amides is 4. The molecular formula is C20H21N3O3. The van der Waals surface area contributed by atoms with Gasteiger partial charge in [-0.15, -0.1) is 6.58 Å². The van der Waals surface area contributed by atoms with Crippen LogP contribution >= 0.6 is 0 Å². The molecule has 0 unspecified atom stereocenters. The molecule has 0 bridgehead atoms. The van der Waals surface area contributed by atoms with Crippen molar-refractivity contribution in [3.05, 3.63) is 54.3 Å². The summed E-state index contributed by atoms with van der Waals surface area (Å²) >= 11 is 0. The van der Waals surface area contributed by atoms with Crippen molar-refractivity contribution < 1.29 is 14.4 Å². The molecule has 2 aromatic rings. The van der Waals surface area contributed by atoms with Gasteiger partial charge in [0.2, 0.25) is 0 Å². The van der Waals surface area contributed by atoms with E-state index in [1.807, 2.05) is 30.5 Å². The van der Waals surface area contributed by atoms with E-state index in [4.69, 9.17) is 0 Å². The molecule has 0 spiro atoms. The van der Waals surface area contributed by atoms with Gasteiger partial charge < -0.3 is 4.57 Å². The second kappa shape index (κ2) is 7.00. The van der Waals surface area contributed by atoms with Crippen LogP contribution in [-0.2, 0) is 9.59 Å². The molecule has 1 aromatic carbocycles. The molecule has 1 fully saturated rings. The number of hydrogen-bond acceptors (Lipinski definition) is 3. The van der Waals surface area contributed by atoms with E-state index in [1.54, 1.807) is 6.08 Å². The molecule has 0 radical (unpaired) electrons. The van der Waals surface area contributed by atoms with E-state index in [2.05, 4.69) is 30.3 Å². The van der Waals surface area contributed by atoms with E-state index in [1.165, 1.54) is 6.08 Å². The van der Waals surface area contributed by atoms with Gasteiger partial charge in [-0.25, -0.2) is 4.79 Å². The Kier molecular flexibility index (Phi) is 4.75. The summed E-state index contributed by atoms with van der Waals surface area (Å²) in [6.07, 6.45) is 5.90. The number of aromatic nitrogens is 1. The molecule has 2 heterocycles. The zero-order chi connectivity index (χ0) is 18.8. The Labute approximate surface area is 151 Å². The number of carbonyl (C=O) groups excluding carboxylic acids is 3. The van der Waals surface area contributed by atoms with Gasteiger partial charge in [-0.05, 0) is 25.5 Å². The molecule has 3 rings (SSSR count). The maximum absolute atomic E-state index is 12.6. The Bertz CT molecular complexity index is 939. The first-order valence-electron chi connectivity index (χ1n) is 8.57. The van der Waals surface area contributed by atoms with E-state index in [0.717, 1.165) is 27.8 Å². The molecule has 1 N–H and O–H groups in total. The molecule has 1 aromatic heterocycles. The highest BCUT2D eigenvalue weighted by molar-refractivity contribution is 6.31. The van der Waals surface area contributed by atoms with E-state index < -0.39 is 17.8 Å². The number of para-hydroxylation sites is 1. The predicted octanol–water partition coefficient (Wildman–Crippen LogP) is 3.26.